The van der Waals surface area contributed by atoms with Crippen LogP contribution in [0.4, 0.5) is 0 Å². The molecule has 1 amide bonds. The SMILES string of the molecule is COC(=O)[C@@H]1C(=O)N[C@]2(C)C[C@H]1c1cc(OC)ccc1O2. The highest BCUT2D eigenvalue weighted by Crippen LogP contribution is 2.47. The highest BCUT2D eigenvalue weighted by molar-refractivity contribution is 6.00. The summed E-state index contributed by atoms with van der Waals surface area (Å²) in [4.78, 5) is 24.2. The lowest BCUT2D eigenvalue weighted by molar-refractivity contribution is -0.158. The first-order valence-corrected chi connectivity index (χ1v) is 6.74. The summed E-state index contributed by atoms with van der Waals surface area (Å²) in [6.07, 6.45) is 0.513. The monoisotopic (exact) mass is 291 g/mol. The van der Waals surface area contributed by atoms with Crippen LogP contribution in [0.3, 0.4) is 0 Å². The van der Waals surface area contributed by atoms with Crippen molar-refractivity contribution in [2.75, 3.05) is 14.2 Å². The van der Waals surface area contributed by atoms with Gasteiger partial charge in [-0.25, -0.2) is 0 Å². The first-order chi connectivity index (χ1) is 9.97. The first-order valence-electron chi connectivity index (χ1n) is 6.74. The third-order valence-electron chi connectivity index (χ3n) is 4.09. The Hall–Kier alpha value is -2.24. The molecule has 1 saturated heterocycles. The van der Waals surface area contributed by atoms with E-state index >= 15 is 0 Å². The lowest BCUT2D eigenvalue weighted by Gasteiger charge is -2.46. The number of benzene rings is 1. The zero-order chi connectivity index (χ0) is 15.2. The molecule has 112 valence electrons. The Labute approximate surface area is 122 Å². The van der Waals surface area contributed by atoms with E-state index in [0.717, 1.165) is 5.56 Å². The van der Waals surface area contributed by atoms with Crippen LogP contribution in [0, 0.1) is 5.92 Å². The average molecular weight is 291 g/mol. The highest BCUT2D eigenvalue weighted by Gasteiger charge is 2.52. The molecule has 2 bridgehead atoms. The number of esters is 1. The quantitative estimate of drug-likeness (QED) is 0.654. The number of methoxy groups -OCH3 is 2. The van der Waals surface area contributed by atoms with Crippen molar-refractivity contribution in [3.05, 3.63) is 23.8 Å². The zero-order valence-electron chi connectivity index (χ0n) is 12.1. The minimum absolute atomic E-state index is 0.282. The number of ether oxygens (including phenoxy) is 3. The van der Waals surface area contributed by atoms with Crippen molar-refractivity contribution in [2.45, 2.75) is 25.0 Å². The van der Waals surface area contributed by atoms with E-state index < -0.39 is 17.6 Å². The third kappa shape index (κ3) is 2.11. The Balaban J connectivity index is 2.11. The lowest BCUT2D eigenvalue weighted by atomic mass is 9.75. The van der Waals surface area contributed by atoms with Crippen LogP contribution in [-0.2, 0) is 14.3 Å². The molecule has 2 heterocycles. The third-order valence-corrected chi connectivity index (χ3v) is 4.09. The summed E-state index contributed by atoms with van der Waals surface area (Å²) >= 11 is 0. The van der Waals surface area contributed by atoms with Crippen molar-refractivity contribution < 1.29 is 23.8 Å². The molecule has 1 aromatic rings. The summed E-state index contributed by atoms with van der Waals surface area (Å²) in [5.41, 5.74) is 0.00509. The maximum absolute atomic E-state index is 12.3. The maximum atomic E-state index is 12.3. The molecule has 21 heavy (non-hydrogen) atoms. The molecule has 1 fully saturated rings. The van der Waals surface area contributed by atoms with Gasteiger partial charge < -0.3 is 19.5 Å². The molecule has 0 aromatic heterocycles. The second kappa shape index (κ2) is 4.65. The average Bonchev–Trinajstić information content (AvgIpc) is 2.45. The van der Waals surface area contributed by atoms with Gasteiger partial charge in [-0.2, -0.15) is 0 Å². The molecule has 1 aromatic carbocycles. The molecule has 0 unspecified atom stereocenters. The fourth-order valence-corrected chi connectivity index (χ4v) is 3.14. The molecular weight excluding hydrogens is 274 g/mol. The number of fused-ring (bicyclic) bond motifs is 4. The van der Waals surface area contributed by atoms with Crippen molar-refractivity contribution in [3.63, 3.8) is 0 Å². The van der Waals surface area contributed by atoms with Crippen molar-refractivity contribution in [3.8, 4) is 11.5 Å². The van der Waals surface area contributed by atoms with E-state index in [9.17, 15) is 9.59 Å². The van der Waals surface area contributed by atoms with Gasteiger partial charge in [0.05, 0.1) is 14.2 Å². The largest absolute Gasteiger partial charge is 0.497 e. The van der Waals surface area contributed by atoms with Crippen LogP contribution in [0.2, 0.25) is 0 Å². The molecule has 2 aliphatic heterocycles. The fraction of sp³-hybridized carbons (Fsp3) is 0.467. The van der Waals surface area contributed by atoms with Gasteiger partial charge in [-0.1, -0.05) is 0 Å². The maximum Gasteiger partial charge on any atom is 0.318 e. The Morgan fingerprint density at radius 1 is 1.43 bits per heavy atom. The van der Waals surface area contributed by atoms with Gasteiger partial charge >= 0.3 is 5.97 Å². The topological polar surface area (TPSA) is 73.9 Å². The van der Waals surface area contributed by atoms with E-state index in [0.29, 0.717) is 17.9 Å². The van der Waals surface area contributed by atoms with Gasteiger partial charge in [-0.15, -0.1) is 0 Å². The van der Waals surface area contributed by atoms with Gasteiger partial charge in [0.1, 0.15) is 17.4 Å². The number of rotatable bonds is 2. The zero-order valence-corrected chi connectivity index (χ0v) is 12.1. The number of nitrogens with one attached hydrogen (secondary N) is 1. The van der Waals surface area contributed by atoms with E-state index in [4.69, 9.17) is 14.2 Å². The van der Waals surface area contributed by atoms with Gasteiger partial charge in [-0.3, -0.25) is 9.59 Å². The summed E-state index contributed by atoms with van der Waals surface area (Å²) in [6.45, 7) is 1.80. The molecule has 1 N–H and O–H groups in total. The van der Waals surface area contributed by atoms with Crippen LogP contribution >= 0.6 is 0 Å². The first kappa shape index (κ1) is 13.7. The summed E-state index contributed by atoms with van der Waals surface area (Å²) in [5.74, 6) is -0.726. The standard InChI is InChI=1S/C15H17NO5/c1-15-7-10(12(13(17)16-15)14(18)20-3)9-6-8(19-2)4-5-11(9)21-15/h4-6,10,12H,7H2,1-3H3,(H,16,17)/t10-,12-,15-/m0/s1. The Kier molecular flexibility index (Phi) is 3.04. The van der Waals surface area contributed by atoms with E-state index in [2.05, 4.69) is 5.32 Å². The van der Waals surface area contributed by atoms with Crippen molar-refractivity contribution in [1.29, 1.82) is 0 Å². The Morgan fingerprint density at radius 3 is 2.86 bits per heavy atom. The van der Waals surface area contributed by atoms with Crippen LogP contribution in [0.15, 0.2) is 18.2 Å². The van der Waals surface area contributed by atoms with Crippen LogP contribution in [0.5, 0.6) is 11.5 Å². The van der Waals surface area contributed by atoms with Crippen molar-refractivity contribution >= 4 is 11.9 Å². The minimum Gasteiger partial charge on any atom is -0.497 e. The molecule has 3 atom stereocenters. The summed E-state index contributed by atoms with van der Waals surface area (Å²) in [6, 6.07) is 5.40. The Morgan fingerprint density at radius 2 is 2.19 bits per heavy atom. The van der Waals surface area contributed by atoms with Crippen LogP contribution in [-0.4, -0.2) is 31.8 Å². The molecule has 0 radical (unpaired) electrons. The number of hydrogen-bond acceptors (Lipinski definition) is 5. The molecule has 2 aliphatic rings. The molecule has 0 spiro atoms. The number of amides is 1. The molecule has 0 saturated carbocycles. The summed E-state index contributed by atoms with van der Waals surface area (Å²) < 4.78 is 15.9. The van der Waals surface area contributed by atoms with Crippen molar-refractivity contribution in [1.82, 2.24) is 5.32 Å². The van der Waals surface area contributed by atoms with Crippen LogP contribution in [0.1, 0.15) is 24.8 Å². The molecule has 6 nitrogen and oxygen atoms in total. The summed E-state index contributed by atoms with van der Waals surface area (Å²) in [5, 5.41) is 2.77. The minimum atomic E-state index is -0.863. The van der Waals surface area contributed by atoms with Gasteiger partial charge in [0.25, 0.3) is 0 Å². The van der Waals surface area contributed by atoms with Crippen LogP contribution < -0.4 is 14.8 Å². The van der Waals surface area contributed by atoms with Gasteiger partial charge in [0, 0.05) is 17.9 Å². The van der Waals surface area contributed by atoms with Gasteiger partial charge in [-0.05, 0) is 25.1 Å². The fourth-order valence-electron chi connectivity index (χ4n) is 3.14. The van der Waals surface area contributed by atoms with E-state index in [-0.39, 0.29) is 11.8 Å². The Bertz CT molecular complexity index is 614. The second-order valence-electron chi connectivity index (χ2n) is 5.54. The van der Waals surface area contributed by atoms with Crippen molar-refractivity contribution in [2.24, 2.45) is 5.92 Å². The number of hydrogen-bond donors (Lipinski definition) is 1. The molecule has 0 aliphatic carbocycles. The lowest BCUT2D eigenvalue weighted by Crippen LogP contribution is -2.62. The van der Waals surface area contributed by atoms with Crippen LogP contribution in [0.25, 0.3) is 0 Å². The molecule has 6 heteroatoms. The number of piperidine rings is 1. The molecule has 3 rings (SSSR count). The molecular formula is C15H17NO5. The van der Waals surface area contributed by atoms with E-state index in [1.54, 1.807) is 26.2 Å². The predicted octanol–water partition coefficient (Wildman–Crippen LogP) is 1.20. The van der Waals surface area contributed by atoms with Gasteiger partial charge in [0.2, 0.25) is 5.91 Å². The van der Waals surface area contributed by atoms with Gasteiger partial charge in [0.15, 0.2) is 5.72 Å². The van der Waals surface area contributed by atoms with E-state index in [1.807, 2.05) is 6.07 Å². The highest BCUT2D eigenvalue weighted by atomic mass is 16.5. The number of carbonyl (C=O) groups excluding carboxylic acids is 2. The normalized spacial score (nSPS) is 29.8. The number of carbonyl (C=O) groups is 2. The smallest absolute Gasteiger partial charge is 0.318 e. The van der Waals surface area contributed by atoms with E-state index in [1.165, 1.54) is 7.11 Å². The summed E-state index contributed by atoms with van der Waals surface area (Å²) in [7, 11) is 2.86. The second-order valence-corrected chi connectivity index (χ2v) is 5.54. The predicted molar refractivity (Wildman–Crippen MR) is 73.0 cm³/mol.